The zero-order chi connectivity index (χ0) is 33.7. The highest BCUT2D eigenvalue weighted by atomic mass is 16.7. The van der Waals surface area contributed by atoms with Crippen LogP contribution < -0.4 is 10.8 Å². The van der Waals surface area contributed by atoms with Gasteiger partial charge in [-0.15, -0.1) is 0 Å². The van der Waals surface area contributed by atoms with Gasteiger partial charge in [-0.25, -0.2) is 14.6 Å². The Morgan fingerprint density at radius 2 is 1.60 bits per heavy atom. The molecule has 2 saturated heterocycles. The van der Waals surface area contributed by atoms with Gasteiger partial charge in [0.1, 0.15) is 17.9 Å². The number of benzene rings is 2. The molecule has 1 aromatic heterocycles. The van der Waals surface area contributed by atoms with Crippen molar-refractivity contribution in [1.29, 1.82) is 0 Å². The number of aromatic nitrogens is 2. The molecule has 3 aromatic rings. The Morgan fingerprint density at radius 3 is 2.17 bits per heavy atom. The van der Waals surface area contributed by atoms with Crippen LogP contribution >= 0.6 is 0 Å². The van der Waals surface area contributed by atoms with Crippen molar-refractivity contribution >= 4 is 30.6 Å². The Balaban J connectivity index is 1.24. The van der Waals surface area contributed by atoms with Crippen LogP contribution in [0.3, 0.4) is 0 Å². The summed E-state index contributed by atoms with van der Waals surface area (Å²) in [5.41, 5.74) is 3.84. The molecule has 0 saturated carbocycles. The molecule has 47 heavy (non-hydrogen) atoms. The van der Waals surface area contributed by atoms with Gasteiger partial charge in [0.2, 0.25) is 5.91 Å². The Labute approximate surface area is 275 Å². The standard InChI is InChI=1S/C34H43BN6O6/c1-21(2)28(38-31(43)45-7)30(42)41-20-40(32(44)39-17-23-10-8-9-11-24(23)18-39)19-27(41)29-36-16-26(37-29)22-12-14-25(15-13-22)35-46-33(3,4)34(5,6)47-35/h8-16,21,27-28H,17-20H2,1-7H3,(H,36,37)(H,38,43)/t27-,28-/m0/s1. The van der Waals surface area contributed by atoms with Gasteiger partial charge in [0.25, 0.3) is 0 Å². The highest BCUT2D eigenvalue weighted by molar-refractivity contribution is 6.62. The number of carbonyl (C=O) groups excluding carboxylic acids is 3. The van der Waals surface area contributed by atoms with Crippen LogP contribution in [0.15, 0.2) is 54.7 Å². The molecular weight excluding hydrogens is 599 g/mol. The van der Waals surface area contributed by atoms with Crippen molar-refractivity contribution in [2.45, 2.75) is 77.9 Å². The van der Waals surface area contributed by atoms with Gasteiger partial charge in [-0.3, -0.25) is 4.79 Å². The number of nitrogens with zero attached hydrogens (tertiary/aromatic N) is 4. The minimum Gasteiger partial charge on any atom is -0.453 e. The summed E-state index contributed by atoms with van der Waals surface area (Å²) in [7, 11) is 0.789. The molecule has 2 atom stereocenters. The lowest BCUT2D eigenvalue weighted by atomic mass is 9.79. The van der Waals surface area contributed by atoms with Crippen molar-refractivity contribution in [3.8, 4) is 11.3 Å². The predicted molar refractivity (Wildman–Crippen MR) is 176 cm³/mol. The molecule has 0 unspecified atom stereocenters. The lowest BCUT2D eigenvalue weighted by molar-refractivity contribution is -0.135. The molecule has 13 heteroatoms. The first-order valence-electron chi connectivity index (χ1n) is 16.0. The van der Waals surface area contributed by atoms with E-state index in [4.69, 9.17) is 19.0 Å². The van der Waals surface area contributed by atoms with Crippen LogP contribution in [0.2, 0.25) is 0 Å². The number of alkyl carbamates (subject to hydrolysis) is 1. The van der Waals surface area contributed by atoms with E-state index >= 15 is 0 Å². The topological polar surface area (TPSA) is 129 Å². The van der Waals surface area contributed by atoms with Crippen LogP contribution in [0.25, 0.3) is 11.3 Å². The van der Waals surface area contributed by atoms with Crippen molar-refractivity contribution in [1.82, 2.24) is 30.0 Å². The summed E-state index contributed by atoms with van der Waals surface area (Å²) in [6, 6.07) is 14.3. The van der Waals surface area contributed by atoms with Crippen molar-refractivity contribution in [3.05, 3.63) is 71.7 Å². The minimum atomic E-state index is -0.854. The first-order chi connectivity index (χ1) is 22.3. The molecule has 3 aliphatic rings. The SMILES string of the molecule is COC(=O)N[C@H](C(=O)N1CN(C(=O)N2Cc3ccccc3C2)C[C@H]1c1nc(-c2ccc(B3OC(C)(C)C(C)(C)O3)cc2)c[nH]1)C(C)C. The lowest BCUT2D eigenvalue weighted by Crippen LogP contribution is -2.52. The first kappa shape index (κ1) is 32.6. The number of amides is 4. The molecule has 0 aliphatic carbocycles. The van der Waals surface area contributed by atoms with E-state index in [1.54, 1.807) is 20.9 Å². The summed E-state index contributed by atoms with van der Waals surface area (Å²) in [4.78, 5) is 53.3. The number of H-pyrrole nitrogens is 1. The summed E-state index contributed by atoms with van der Waals surface area (Å²) in [6.45, 7) is 13.1. The van der Waals surface area contributed by atoms with Gasteiger partial charge in [0.05, 0.1) is 37.2 Å². The predicted octanol–water partition coefficient (Wildman–Crippen LogP) is 4.04. The molecular formula is C34H43BN6O6. The Morgan fingerprint density at radius 1 is 0.979 bits per heavy atom. The van der Waals surface area contributed by atoms with Crippen molar-refractivity contribution in [3.63, 3.8) is 0 Å². The summed E-state index contributed by atoms with van der Waals surface area (Å²) in [5, 5.41) is 2.68. The molecule has 2 N–H and O–H groups in total. The Kier molecular flexibility index (Phi) is 8.56. The van der Waals surface area contributed by atoms with E-state index in [1.807, 2.05) is 90.1 Å². The van der Waals surface area contributed by atoms with Gasteiger partial charge in [-0.2, -0.15) is 0 Å². The van der Waals surface area contributed by atoms with Gasteiger partial charge in [-0.1, -0.05) is 62.4 Å². The Hall–Kier alpha value is -4.36. The molecule has 2 fully saturated rings. The van der Waals surface area contributed by atoms with Crippen molar-refractivity contribution in [2.24, 2.45) is 5.92 Å². The fourth-order valence-electron chi connectivity index (χ4n) is 6.24. The van der Waals surface area contributed by atoms with E-state index in [0.717, 1.165) is 22.2 Å². The van der Waals surface area contributed by atoms with Gasteiger partial charge >= 0.3 is 19.2 Å². The van der Waals surface area contributed by atoms with E-state index in [0.29, 0.717) is 24.6 Å². The molecule has 0 bridgehead atoms. The monoisotopic (exact) mass is 642 g/mol. The highest BCUT2D eigenvalue weighted by Crippen LogP contribution is 2.37. The lowest BCUT2D eigenvalue weighted by Gasteiger charge is -2.32. The molecule has 0 radical (unpaired) electrons. The van der Waals surface area contributed by atoms with Gasteiger partial charge in [0.15, 0.2) is 0 Å². The fourth-order valence-corrected chi connectivity index (χ4v) is 6.24. The normalized spacial score (nSPS) is 20.5. The number of fused-ring (bicyclic) bond motifs is 1. The second-order valence-corrected chi connectivity index (χ2v) is 13.8. The van der Waals surface area contributed by atoms with Crippen LogP contribution in [-0.4, -0.2) is 87.4 Å². The molecule has 6 rings (SSSR count). The summed E-state index contributed by atoms with van der Waals surface area (Å²) >= 11 is 0. The van der Waals surface area contributed by atoms with Gasteiger partial charge in [0, 0.05) is 24.8 Å². The zero-order valence-electron chi connectivity index (χ0n) is 28.1. The molecule has 4 amide bonds. The third-order valence-electron chi connectivity index (χ3n) is 9.79. The number of hydrogen-bond donors (Lipinski definition) is 2. The third-order valence-corrected chi connectivity index (χ3v) is 9.79. The number of ether oxygens (including phenoxy) is 1. The van der Waals surface area contributed by atoms with Crippen LogP contribution in [-0.2, 0) is 31.9 Å². The summed E-state index contributed by atoms with van der Waals surface area (Å²) < 4.78 is 17.2. The maximum absolute atomic E-state index is 14.1. The Bertz CT molecular complexity index is 1620. The third kappa shape index (κ3) is 6.21. The fraction of sp³-hybridized carbons (Fsp3) is 0.471. The number of hydrogen-bond acceptors (Lipinski definition) is 7. The average molecular weight is 643 g/mol. The number of imidazole rings is 1. The molecule has 12 nitrogen and oxygen atoms in total. The van der Waals surface area contributed by atoms with E-state index in [9.17, 15) is 14.4 Å². The number of rotatable bonds is 6. The van der Waals surface area contributed by atoms with Crippen LogP contribution in [0, 0.1) is 5.92 Å². The quantitative estimate of drug-likeness (QED) is 0.389. The summed E-state index contributed by atoms with van der Waals surface area (Å²) in [5.74, 6) is -0.00109. The van der Waals surface area contributed by atoms with Gasteiger partial charge < -0.3 is 39.0 Å². The largest absolute Gasteiger partial charge is 0.494 e. The van der Waals surface area contributed by atoms with Crippen molar-refractivity contribution in [2.75, 3.05) is 20.3 Å². The van der Waals surface area contributed by atoms with Crippen LogP contribution in [0.5, 0.6) is 0 Å². The number of nitrogens with one attached hydrogen (secondary N) is 2. The van der Waals surface area contributed by atoms with E-state index in [1.165, 1.54) is 7.11 Å². The zero-order valence-corrected chi connectivity index (χ0v) is 28.1. The van der Waals surface area contributed by atoms with Crippen LogP contribution in [0.1, 0.15) is 64.5 Å². The second kappa shape index (κ2) is 12.3. The highest BCUT2D eigenvalue weighted by Gasteiger charge is 2.51. The smallest absolute Gasteiger partial charge is 0.453 e. The second-order valence-electron chi connectivity index (χ2n) is 13.8. The average Bonchev–Trinajstić information content (AvgIpc) is 3.83. The summed E-state index contributed by atoms with van der Waals surface area (Å²) in [6.07, 6.45) is 1.11. The molecule has 3 aliphatic heterocycles. The van der Waals surface area contributed by atoms with Crippen molar-refractivity contribution < 1.29 is 28.4 Å². The number of urea groups is 1. The molecule has 2 aromatic carbocycles. The maximum Gasteiger partial charge on any atom is 0.494 e. The van der Waals surface area contributed by atoms with Gasteiger partial charge in [-0.05, 0) is 50.2 Å². The number of carbonyl (C=O) groups is 3. The molecule has 248 valence electrons. The number of aromatic amines is 1. The molecule has 0 spiro atoms. The number of methoxy groups -OCH3 is 1. The van der Waals surface area contributed by atoms with E-state index < -0.39 is 36.5 Å². The van der Waals surface area contributed by atoms with Crippen LogP contribution in [0.4, 0.5) is 9.59 Å². The molecule has 4 heterocycles. The first-order valence-corrected chi connectivity index (χ1v) is 16.0. The maximum atomic E-state index is 14.1. The van der Waals surface area contributed by atoms with E-state index in [-0.39, 0.29) is 31.1 Å². The minimum absolute atomic E-state index is 0.0556. The van der Waals surface area contributed by atoms with E-state index in [2.05, 4.69) is 10.3 Å².